The Morgan fingerprint density at radius 1 is 1.15 bits per heavy atom. The summed E-state index contributed by atoms with van der Waals surface area (Å²) in [5.74, 6) is 0. The van der Waals surface area contributed by atoms with E-state index in [2.05, 4.69) is 27.0 Å². The topological polar surface area (TPSA) is 31.9 Å². The highest BCUT2D eigenvalue weighted by Gasteiger charge is 2.09. The lowest BCUT2D eigenvalue weighted by Gasteiger charge is -2.15. The first kappa shape index (κ1) is 13.3. The number of hydrogen-bond donors (Lipinski definition) is 1. The number of H-pyrrole nitrogens is 1. The average Bonchev–Trinajstić information content (AvgIpc) is 2.80. The summed E-state index contributed by atoms with van der Waals surface area (Å²) < 4.78 is 0. The van der Waals surface area contributed by atoms with Gasteiger partial charge in [-0.2, -0.15) is 0 Å². The second kappa shape index (κ2) is 5.38. The highest BCUT2D eigenvalue weighted by atomic mass is 35.5. The number of hydrogen-bond acceptors (Lipinski definition) is 3. The van der Waals surface area contributed by atoms with Crippen molar-refractivity contribution in [3.8, 4) is 0 Å². The number of nitrogens with one attached hydrogen (secondary N) is 1. The lowest BCUT2D eigenvalue weighted by Crippen LogP contribution is -2.09. The molecule has 3 rings (SSSR count). The molecule has 20 heavy (non-hydrogen) atoms. The second-order valence-corrected chi connectivity index (χ2v) is 6.13. The molecule has 0 radical (unpaired) electrons. The van der Waals surface area contributed by atoms with E-state index in [4.69, 9.17) is 11.6 Å². The molecule has 0 aliphatic heterocycles. The van der Waals surface area contributed by atoms with Gasteiger partial charge >= 0.3 is 0 Å². The van der Waals surface area contributed by atoms with Crippen LogP contribution in [0.25, 0.3) is 11.0 Å². The molecule has 2 aromatic carbocycles. The molecule has 0 aliphatic rings. The van der Waals surface area contributed by atoms with Crippen molar-refractivity contribution in [3.05, 3.63) is 47.5 Å². The summed E-state index contributed by atoms with van der Waals surface area (Å²) in [5.41, 5.74) is 3.07. The van der Waals surface area contributed by atoms with E-state index in [0.717, 1.165) is 16.2 Å². The van der Waals surface area contributed by atoms with Crippen molar-refractivity contribution in [3.63, 3.8) is 0 Å². The van der Waals surface area contributed by atoms with Crippen LogP contribution in [0.4, 0.5) is 5.69 Å². The maximum Gasteiger partial charge on any atom is 0.171 e. The lowest BCUT2D eigenvalue weighted by molar-refractivity contribution is 1.07. The van der Waals surface area contributed by atoms with Gasteiger partial charge in [0, 0.05) is 24.0 Å². The number of anilines is 1. The Balaban J connectivity index is 1.97. The average molecular weight is 304 g/mol. The van der Waals surface area contributed by atoms with Gasteiger partial charge in [0.25, 0.3) is 0 Å². The zero-order valence-corrected chi connectivity index (χ0v) is 12.8. The number of benzene rings is 2. The molecule has 5 heteroatoms. The molecule has 0 saturated heterocycles. The van der Waals surface area contributed by atoms with Gasteiger partial charge in [-0.25, -0.2) is 4.98 Å². The monoisotopic (exact) mass is 303 g/mol. The smallest absolute Gasteiger partial charge is 0.171 e. The van der Waals surface area contributed by atoms with Gasteiger partial charge in [0.2, 0.25) is 0 Å². The summed E-state index contributed by atoms with van der Waals surface area (Å²) >= 11 is 7.62. The van der Waals surface area contributed by atoms with Gasteiger partial charge in [-0.05, 0) is 42.1 Å². The van der Waals surface area contributed by atoms with E-state index >= 15 is 0 Å². The molecule has 0 bridgehead atoms. The van der Waals surface area contributed by atoms with Crippen molar-refractivity contribution in [1.82, 2.24) is 9.97 Å². The highest BCUT2D eigenvalue weighted by Crippen LogP contribution is 2.34. The van der Waals surface area contributed by atoms with E-state index in [-0.39, 0.29) is 0 Å². The predicted molar refractivity (Wildman–Crippen MR) is 86.0 cm³/mol. The number of fused-ring (bicyclic) bond motifs is 1. The zero-order valence-electron chi connectivity index (χ0n) is 11.2. The first-order chi connectivity index (χ1) is 9.63. The van der Waals surface area contributed by atoms with Crippen molar-refractivity contribution in [1.29, 1.82) is 0 Å². The van der Waals surface area contributed by atoms with Crippen molar-refractivity contribution in [2.24, 2.45) is 0 Å². The fourth-order valence-electron chi connectivity index (χ4n) is 2.02. The third-order valence-electron chi connectivity index (χ3n) is 2.98. The molecule has 0 aliphatic carbocycles. The van der Waals surface area contributed by atoms with Gasteiger partial charge in [0.1, 0.15) is 0 Å². The summed E-state index contributed by atoms with van der Waals surface area (Å²) in [6.45, 7) is 0. The molecule has 0 amide bonds. The largest absolute Gasteiger partial charge is 0.377 e. The Labute approximate surface area is 127 Å². The molecule has 0 fully saturated rings. The van der Waals surface area contributed by atoms with E-state index < -0.39 is 0 Å². The third kappa shape index (κ3) is 2.62. The molecule has 0 atom stereocenters. The fraction of sp³-hybridized carbons (Fsp3) is 0.133. The second-order valence-electron chi connectivity index (χ2n) is 4.67. The number of para-hydroxylation sites is 1. The fourth-order valence-corrected chi connectivity index (χ4v) is 3.21. The van der Waals surface area contributed by atoms with Gasteiger partial charge in [-0.3, -0.25) is 0 Å². The van der Waals surface area contributed by atoms with Crippen LogP contribution in [0.3, 0.4) is 0 Å². The SMILES string of the molecule is CN(C)c1ccccc1Sc1nc2ccc(Cl)cc2[nH]1. The molecule has 1 aromatic heterocycles. The van der Waals surface area contributed by atoms with E-state index in [1.54, 1.807) is 11.8 Å². The first-order valence-electron chi connectivity index (χ1n) is 6.23. The summed E-state index contributed by atoms with van der Waals surface area (Å²) in [7, 11) is 4.08. The molecular formula is C15H14ClN3S. The van der Waals surface area contributed by atoms with Crippen molar-refractivity contribution >= 4 is 40.1 Å². The minimum absolute atomic E-state index is 0.714. The van der Waals surface area contributed by atoms with Crippen LogP contribution in [-0.4, -0.2) is 24.1 Å². The number of rotatable bonds is 3. The number of aromatic nitrogens is 2. The molecule has 0 unspecified atom stereocenters. The van der Waals surface area contributed by atoms with Crippen molar-refractivity contribution in [2.45, 2.75) is 10.1 Å². The minimum atomic E-state index is 0.714. The predicted octanol–water partition coefficient (Wildman–Crippen LogP) is 4.43. The Bertz CT molecular complexity index is 752. The molecule has 3 aromatic rings. The maximum atomic E-state index is 5.99. The van der Waals surface area contributed by atoms with Gasteiger partial charge in [-0.1, -0.05) is 23.7 Å². The van der Waals surface area contributed by atoms with Gasteiger partial charge in [-0.15, -0.1) is 0 Å². The highest BCUT2D eigenvalue weighted by molar-refractivity contribution is 7.99. The maximum absolute atomic E-state index is 5.99. The molecule has 3 nitrogen and oxygen atoms in total. The number of halogens is 1. The molecule has 0 saturated carbocycles. The lowest BCUT2D eigenvalue weighted by atomic mass is 10.3. The summed E-state index contributed by atoms with van der Waals surface area (Å²) in [6, 6.07) is 13.9. The van der Waals surface area contributed by atoms with Crippen LogP contribution in [0.15, 0.2) is 52.5 Å². The Hall–Kier alpha value is -1.65. The molecule has 1 N–H and O–H groups in total. The number of aromatic amines is 1. The van der Waals surface area contributed by atoms with Gasteiger partial charge in [0.15, 0.2) is 5.16 Å². The molecular weight excluding hydrogens is 290 g/mol. The van der Waals surface area contributed by atoms with E-state index in [1.807, 2.05) is 44.4 Å². The van der Waals surface area contributed by atoms with Crippen LogP contribution in [0.2, 0.25) is 5.02 Å². The Morgan fingerprint density at radius 2 is 1.95 bits per heavy atom. The van der Waals surface area contributed by atoms with Crippen LogP contribution in [0.5, 0.6) is 0 Å². The summed E-state index contributed by atoms with van der Waals surface area (Å²) in [4.78, 5) is 11.1. The Kier molecular flexibility index (Phi) is 3.59. The van der Waals surface area contributed by atoms with Crippen molar-refractivity contribution < 1.29 is 0 Å². The standard InChI is InChI=1S/C15H14ClN3S/c1-19(2)13-5-3-4-6-14(13)20-15-17-11-8-7-10(16)9-12(11)18-15/h3-9H,1-2H3,(H,17,18). The van der Waals surface area contributed by atoms with Crippen LogP contribution >= 0.6 is 23.4 Å². The normalized spacial score (nSPS) is 10.9. The number of nitrogens with zero attached hydrogens (tertiary/aromatic N) is 2. The van der Waals surface area contributed by atoms with Crippen molar-refractivity contribution in [2.75, 3.05) is 19.0 Å². The molecule has 1 heterocycles. The Morgan fingerprint density at radius 3 is 2.75 bits per heavy atom. The van der Waals surface area contributed by atoms with Gasteiger partial charge < -0.3 is 9.88 Å². The zero-order chi connectivity index (χ0) is 14.1. The van der Waals surface area contributed by atoms with E-state index in [1.165, 1.54) is 10.6 Å². The molecule has 102 valence electrons. The first-order valence-corrected chi connectivity index (χ1v) is 7.42. The van der Waals surface area contributed by atoms with Gasteiger partial charge in [0.05, 0.1) is 16.7 Å². The quantitative estimate of drug-likeness (QED) is 0.776. The van der Waals surface area contributed by atoms with E-state index in [0.29, 0.717) is 5.02 Å². The van der Waals surface area contributed by atoms with Crippen LogP contribution < -0.4 is 4.90 Å². The third-order valence-corrected chi connectivity index (χ3v) is 4.16. The van der Waals surface area contributed by atoms with Crippen LogP contribution in [0.1, 0.15) is 0 Å². The summed E-state index contributed by atoms with van der Waals surface area (Å²) in [6.07, 6.45) is 0. The summed E-state index contributed by atoms with van der Waals surface area (Å²) in [5, 5.41) is 1.59. The van der Waals surface area contributed by atoms with E-state index in [9.17, 15) is 0 Å². The number of imidazole rings is 1. The van der Waals surface area contributed by atoms with Crippen LogP contribution in [0, 0.1) is 0 Å². The molecule has 0 spiro atoms. The minimum Gasteiger partial charge on any atom is -0.377 e. The van der Waals surface area contributed by atoms with Crippen LogP contribution in [-0.2, 0) is 0 Å².